The molecule has 2 aliphatic carbocycles. The normalized spacial score (nSPS) is 13.8. The summed E-state index contributed by atoms with van der Waals surface area (Å²) in [6.07, 6.45) is 0. The second-order valence-corrected chi connectivity index (χ2v) is 17.6. The summed E-state index contributed by atoms with van der Waals surface area (Å²) in [7, 11) is 0. The average Bonchev–Trinajstić information content (AvgIpc) is 3.78. The Labute approximate surface area is 370 Å². The molecule has 0 radical (unpaired) electrons. The van der Waals surface area contributed by atoms with Gasteiger partial charge in [-0.15, -0.1) is 0 Å². The summed E-state index contributed by atoms with van der Waals surface area (Å²) in [6, 6.07) is 87.9. The highest BCUT2D eigenvalue weighted by Crippen LogP contribution is 2.60. The van der Waals surface area contributed by atoms with Crippen molar-refractivity contribution in [3.63, 3.8) is 0 Å². The predicted octanol–water partition coefficient (Wildman–Crippen LogP) is 16.3. The molecular weight excluding hydrogens is 759 g/mol. The van der Waals surface area contributed by atoms with E-state index in [1.54, 1.807) is 0 Å². The van der Waals surface area contributed by atoms with Crippen molar-refractivity contribution in [1.82, 2.24) is 0 Å². The van der Waals surface area contributed by atoms with E-state index in [4.69, 9.17) is 0 Å². The first-order valence-electron chi connectivity index (χ1n) is 22.1. The molecule has 0 fully saturated rings. The van der Waals surface area contributed by atoms with Gasteiger partial charge in [-0.3, -0.25) is 0 Å². The number of fused-ring (bicyclic) bond motifs is 7. The Morgan fingerprint density at radius 1 is 0.333 bits per heavy atom. The molecular formula is C62H45N. The van der Waals surface area contributed by atoms with Gasteiger partial charge >= 0.3 is 0 Å². The first-order chi connectivity index (χ1) is 31.0. The molecule has 1 heteroatoms. The number of para-hydroxylation sites is 1. The van der Waals surface area contributed by atoms with Gasteiger partial charge in [0.25, 0.3) is 0 Å². The molecule has 10 aromatic carbocycles. The van der Waals surface area contributed by atoms with Crippen molar-refractivity contribution in [2.24, 2.45) is 0 Å². The van der Waals surface area contributed by atoms with Crippen LogP contribution < -0.4 is 4.90 Å². The molecule has 0 spiro atoms. The van der Waals surface area contributed by atoms with Crippen LogP contribution >= 0.6 is 0 Å². The van der Waals surface area contributed by atoms with Crippen LogP contribution in [0.2, 0.25) is 0 Å². The lowest BCUT2D eigenvalue weighted by molar-refractivity contribution is 0.660. The molecule has 1 nitrogen and oxygen atoms in total. The van der Waals surface area contributed by atoms with E-state index >= 15 is 0 Å². The maximum absolute atomic E-state index is 2.57. The lowest BCUT2D eigenvalue weighted by atomic mass is 9.68. The summed E-state index contributed by atoms with van der Waals surface area (Å²) < 4.78 is 0. The van der Waals surface area contributed by atoms with Crippen LogP contribution in [0.25, 0.3) is 55.3 Å². The zero-order chi connectivity index (χ0) is 42.1. The smallest absolute Gasteiger partial charge is 0.0714 e. The second-order valence-electron chi connectivity index (χ2n) is 17.6. The maximum Gasteiger partial charge on any atom is 0.0714 e. The van der Waals surface area contributed by atoms with Crippen molar-refractivity contribution in [2.75, 3.05) is 4.90 Å². The molecule has 63 heavy (non-hydrogen) atoms. The minimum atomic E-state index is -0.530. The third kappa shape index (κ3) is 5.49. The lowest BCUT2D eigenvalue weighted by Crippen LogP contribution is -2.28. The van der Waals surface area contributed by atoms with Crippen LogP contribution in [0, 0.1) is 0 Å². The number of hydrogen-bond donors (Lipinski definition) is 0. The number of benzene rings is 10. The summed E-state index contributed by atoms with van der Waals surface area (Å²) in [6.45, 7) is 4.76. The average molecular weight is 804 g/mol. The highest BCUT2D eigenvalue weighted by molar-refractivity contribution is 6.09. The van der Waals surface area contributed by atoms with Crippen molar-refractivity contribution >= 4 is 27.8 Å². The first kappa shape index (κ1) is 37.1. The minimum Gasteiger partial charge on any atom is -0.309 e. The fourth-order valence-electron chi connectivity index (χ4n) is 11.2. The van der Waals surface area contributed by atoms with Crippen LogP contribution in [0.1, 0.15) is 47.2 Å². The summed E-state index contributed by atoms with van der Waals surface area (Å²) in [5.41, 5.74) is 20.5. The van der Waals surface area contributed by atoms with Crippen LogP contribution in [0.15, 0.2) is 237 Å². The zero-order valence-electron chi connectivity index (χ0n) is 35.5. The Bertz CT molecular complexity index is 3320. The molecule has 0 bridgehead atoms. The molecule has 0 unspecified atom stereocenters. The van der Waals surface area contributed by atoms with Crippen molar-refractivity contribution in [1.29, 1.82) is 0 Å². The van der Waals surface area contributed by atoms with E-state index in [0.29, 0.717) is 0 Å². The minimum absolute atomic E-state index is 0.172. The quantitative estimate of drug-likeness (QED) is 0.155. The van der Waals surface area contributed by atoms with Crippen LogP contribution in [0.5, 0.6) is 0 Å². The lowest BCUT2D eigenvalue weighted by Gasteiger charge is -2.35. The van der Waals surface area contributed by atoms with E-state index in [9.17, 15) is 0 Å². The number of hydrogen-bond acceptors (Lipinski definition) is 1. The second kappa shape index (κ2) is 14.4. The Kier molecular flexibility index (Phi) is 8.49. The van der Waals surface area contributed by atoms with Crippen LogP contribution in [0.4, 0.5) is 17.1 Å². The topological polar surface area (TPSA) is 3.24 Å². The van der Waals surface area contributed by atoms with Crippen LogP contribution in [-0.4, -0.2) is 0 Å². The third-order valence-corrected chi connectivity index (χ3v) is 14.0. The molecule has 298 valence electrons. The summed E-state index contributed by atoms with van der Waals surface area (Å²) in [4.78, 5) is 2.57. The van der Waals surface area contributed by atoms with Crippen LogP contribution in [0.3, 0.4) is 0 Å². The number of nitrogens with zero attached hydrogens (tertiary/aromatic N) is 1. The predicted molar refractivity (Wildman–Crippen MR) is 264 cm³/mol. The number of anilines is 3. The van der Waals surface area contributed by atoms with Gasteiger partial charge in [-0.2, -0.15) is 0 Å². The standard InChI is InChI=1S/C62H45N/c1-61(2)53-34-15-12-29-48(53)49-40-39-46(41-56(49)61)63(57-37-17-14-30-50(57)51-33-19-24-43-23-18-32-47(59(43)51)42-21-6-3-7-22-42)58-38-20-36-55-60(58)52-31-13-16-35-54(52)62(55,44-25-8-4-9-26-44)45-27-10-5-11-28-45/h3-41H,1-2H3. The first-order valence-corrected chi connectivity index (χ1v) is 22.1. The molecule has 12 rings (SSSR count). The monoisotopic (exact) mass is 803 g/mol. The van der Waals surface area contributed by atoms with E-state index in [2.05, 4.69) is 255 Å². The van der Waals surface area contributed by atoms with Gasteiger partial charge < -0.3 is 4.90 Å². The van der Waals surface area contributed by atoms with E-state index in [-0.39, 0.29) is 5.41 Å². The zero-order valence-corrected chi connectivity index (χ0v) is 35.5. The Morgan fingerprint density at radius 2 is 0.841 bits per heavy atom. The molecule has 0 atom stereocenters. The summed E-state index contributed by atoms with van der Waals surface area (Å²) in [5, 5.41) is 2.47. The van der Waals surface area contributed by atoms with Gasteiger partial charge in [0.1, 0.15) is 0 Å². The molecule has 0 heterocycles. The Balaban J connectivity index is 1.18. The van der Waals surface area contributed by atoms with E-state index < -0.39 is 5.41 Å². The van der Waals surface area contributed by atoms with Gasteiger partial charge in [0.15, 0.2) is 0 Å². The van der Waals surface area contributed by atoms with Gasteiger partial charge in [-0.05, 0) is 102 Å². The Morgan fingerprint density at radius 3 is 1.56 bits per heavy atom. The third-order valence-electron chi connectivity index (χ3n) is 14.0. The van der Waals surface area contributed by atoms with Crippen molar-refractivity contribution in [3.8, 4) is 44.5 Å². The van der Waals surface area contributed by atoms with Gasteiger partial charge in [0.05, 0.1) is 16.8 Å². The maximum atomic E-state index is 2.57. The van der Waals surface area contributed by atoms with Crippen molar-refractivity contribution in [3.05, 3.63) is 270 Å². The van der Waals surface area contributed by atoms with Crippen molar-refractivity contribution < 1.29 is 0 Å². The molecule has 0 amide bonds. The van der Waals surface area contributed by atoms with E-state index in [1.165, 1.54) is 88.7 Å². The molecule has 10 aromatic rings. The Hall–Kier alpha value is -7.74. The molecule has 0 saturated carbocycles. The van der Waals surface area contributed by atoms with Crippen molar-refractivity contribution in [2.45, 2.75) is 24.7 Å². The van der Waals surface area contributed by atoms with Gasteiger partial charge in [-0.1, -0.05) is 226 Å². The van der Waals surface area contributed by atoms with E-state index in [0.717, 1.165) is 17.1 Å². The molecule has 0 saturated heterocycles. The summed E-state index contributed by atoms with van der Waals surface area (Å²) in [5.74, 6) is 0. The fourth-order valence-corrected chi connectivity index (χ4v) is 11.2. The molecule has 0 aliphatic heterocycles. The highest BCUT2D eigenvalue weighted by Gasteiger charge is 2.47. The van der Waals surface area contributed by atoms with Gasteiger partial charge in [0, 0.05) is 22.2 Å². The highest BCUT2D eigenvalue weighted by atomic mass is 15.1. The van der Waals surface area contributed by atoms with Crippen LogP contribution in [-0.2, 0) is 10.8 Å². The molecule has 0 N–H and O–H groups in total. The summed E-state index contributed by atoms with van der Waals surface area (Å²) >= 11 is 0. The SMILES string of the molecule is CC1(C)c2ccccc2-c2ccc(N(c3ccccc3-c3cccc4cccc(-c5ccccc5)c34)c3cccc4c3-c3ccccc3C4(c3ccccc3)c3ccccc3)cc21. The number of rotatable bonds is 7. The largest absolute Gasteiger partial charge is 0.309 e. The van der Waals surface area contributed by atoms with Gasteiger partial charge in [-0.25, -0.2) is 0 Å². The molecule has 2 aliphatic rings. The van der Waals surface area contributed by atoms with Gasteiger partial charge in [0.2, 0.25) is 0 Å². The molecule has 0 aromatic heterocycles. The fraction of sp³-hybridized carbons (Fsp3) is 0.0645. The van der Waals surface area contributed by atoms with E-state index in [1.807, 2.05) is 0 Å².